The number of piperidine rings is 1. The third-order valence-electron chi connectivity index (χ3n) is 7.99. The Labute approximate surface area is 287 Å². The van der Waals surface area contributed by atoms with Gasteiger partial charge in [0.25, 0.3) is 0 Å². The van der Waals surface area contributed by atoms with Gasteiger partial charge in [-0.25, -0.2) is 5.01 Å². The number of hydrazine groups is 1. The Kier molecular flexibility index (Phi) is 12.2. The van der Waals surface area contributed by atoms with E-state index in [1.165, 1.54) is 0 Å². The maximum atomic E-state index is 14.3. The monoisotopic (exact) mass is 821 g/mol. The van der Waals surface area contributed by atoms with Crippen LogP contribution in [0.15, 0.2) is 84.9 Å². The summed E-state index contributed by atoms with van der Waals surface area (Å²) in [6.07, 6.45) is 2.14. The van der Waals surface area contributed by atoms with Crippen molar-refractivity contribution >= 4 is 62.9 Å². The normalized spacial score (nSPS) is 17.6. The zero-order chi connectivity index (χ0) is 31.7. The van der Waals surface area contributed by atoms with Crippen molar-refractivity contribution in [3.8, 4) is 11.1 Å². The largest absolute Gasteiger partial charge is 0.342 e. The fourth-order valence-electron chi connectivity index (χ4n) is 5.53. The van der Waals surface area contributed by atoms with Crippen LogP contribution in [-0.4, -0.2) is 61.4 Å². The molecule has 1 saturated heterocycles. The Bertz CT molecular complexity index is 1400. The molecule has 3 aromatic carbocycles. The van der Waals surface area contributed by atoms with Crippen molar-refractivity contribution in [3.05, 3.63) is 96.1 Å². The van der Waals surface area contributed by atoms with Crippen molar-refractivity contribution in [2.24, 2.45) is 11.1 Å². The van der Waals surface area contributed by atoms with Gasteiger partial charge in [-0.2, -0.15) is 0 Å². The first kappa shape index (κ1) is 34.3. The third-order valence-corrected chi connectivity index (χ3v) is 9.64. The molecule has 3 amide bonds. The first-order valence-corrected chi connectivity index (χ1v) is 17.8. The second-order valence-electron chi connectivity index (χ2n) is 12.0. The zero-order valence-corrected chi connectivity index (χ0v) is 29.6. The highest BCUT2D eigenvalue weighted by atomic mass is 127. The molecular weight excluding hydrogens is 780 g/mol. The summed E-state index contributed by atoms with van der Waals surface area (Å²) < 4.78 is 1.28. The Balaban J connectivity index is 1.61. The van der Waals surface area contributed by atoms with Crippen molar-refractivity contribution < 1.29 is 14.4 Å². The van der Waals surface area contributed by atoms with E-state index in [9.17, 15) is 14.4 Å². The molecule has 1 heterocycles. The molecule has 3 aromatic rings. The molecule has 0 spiro atoms. The molecule has 2 atom stereocenters. The topological polar surface area (TPSA) is 108 Å². The van der Waals surface area contributed by atoms with Crippen LogP contribution in [0.3, 0.4) is 0 Å². The lowest BCUT2D eigenvalue weighted by Crippen LogP contribution is -2.61. The molecule has 1 aliphatic rings. The average Bonchev–Trinajstić information content (AvgIpc) is 3.03. The van der Waals surface area contributed by atoms with Crippen LogP contribution in [0.2, 0.25) is 0 Å². The van der Waals surface area contributed by atoms with Gasteiger partial charge in [-0.15, -0.1) is 0 Å². The van der Waals surface area contributed by atoms with E-state index in [1.54, 1.807) is 18.7 Å². The number of carbonyl (C=O) groups excluding carboxylic acids is 3. The van der Waals surface area contributed by atoms with E-state index in [-0.39, 0.29) is 18.4 Å². The van der Waals surface area contributed by atoms with Gasteiger partial charge in [-0.05, 0) is 55.4 Å². The fraction of sp³-hybridized carbons (Fsp3) is 0.382. The minimum atomic E-state index is -1.16. The van der Waals surface area contributed by atoms with Gasteiger partial charge in [0, 0.05) is 19.5 Å². The van der Waals surface area contributed by atoms with Gasteiger partial charge in [0.05, 0.1) is 20.1 Å². The molecule has 0 saturated carbocycles. The van der Waals surface area contributed by atoms with Gasteiger partial charge in [0.1, 0.15) is 6.04 Å². The molecule has 10 heteroatoms. The number of rotatable bonds is 12. The molecule has 0 bridgehead atoms. The molecule has 234 valence electrons. The van der Waals surface area contributed by atoms with Gasteiger partial charge in [0.2, 0.25) is 17.7 Å². The molecule has 1 aliphatic heterocycles. The molecular formula is C34H41I2N5O3. The van der Waals surface area contributed by atoms with E-state index in [4.69, 9.17) is 5.73 Å². The molecule has 4 N–H and O–H groups in total. The highest BCUT2D eigenvalue weighted by Gasteiger charge is 2.45. The summed E-state index contributed by atoms with van der Waals surface area (Å²) in [7, 11) is 0. The van der Waals surface area contributed by atoms with Gasteiger partial charge < -0.3 is 16.0 Å². The quantitative estimate of drug-likeness (QED) is 0.102. The van der Waals surface area contributed by atoms with E-state index in [0.29, 0.717) is 41.3 Å². The van der Waals surface area contributed by atoms with Gasteiger partial charge in [-0.1, -0.05) is 130 Å². The Morgan fingerprint density at radius 1 is 0.909 bits per heavy atom. The third kappa shape index (κ3) is 9.01. The second-order valence-corrected chi connectivity index (χ2v) is 13.4. The molecule has 1 fully saturated rings. The van der Waals surface area contributed by atoms with Crippen LogP contribution < -0.4 is 16.5 Å². The van der Waals surface area contributed by atoms with Crippen molar-refractivity contribution in [1.82, 2.24) is 20.7 Å². The van der Waals surface area contributed by atoms with E-state index >= 15 is 0 Å². The second kappa shape index (κ2) is 15.6. The number of hydrogen-bond acceptors (Lipinski definition) is 5. The minimum Gasteiger partial charge on any atom is -0.342 e. The minimum absolute atomic E-state index is 0.0904. The van der Waals surface area contributed by atoms with Crippen LogP contribution in [0, 0.1) is 5.41 Å². The number of carbonyl (C=O) groups is 3. The molecule has 0 radical (unpaired) electrons. The summed E-state index contributed by atoms with van der Waals surface area (Å²) in [5.74, 6) is -0.700. The van der Waals surface area contributed by atoms with Crippen LogP contribution in [0.5, 0.6) is 0 Å². The number of alkyl halides is 2. The summed E-state index contributed by atoms with van der Waals surface area (Å²) in [6.45, 7) is 4.02. The van der Waals surface area contributed by atoms with Crippen LogP contribution in [0.25, 0.3) is 11.1 Å². The Morgan fingerprint density at radius 3 is 2.09 bits per heavy atom. The van der Waals surface area contributed by atoms with E-state index < -0.39 is 22.9 Å². The molecule has 0 aromatic heterocycles. The summed E-state index contributed by atoms with van der Waals surface area (Å²) >= 11 is 4.46. The molecule has 0 aliphatic carbocycles. The number of benzene rings is 3. The van der Waals surface area contributed by atoms with Crippen LogP contribution in [0.4, 0.5) is 0 Å². The number of nitrogens with zero attached hydrogens (tertiary/aromatic N) is 2. The number of halogens is 2. The van der Waals surface area contributed by atoms with Crippen molar-refractivity contribution in [1.29, 1.82) is 0 Å². The maximum Gasteiger partial charge on any atom is 0.245 e. The summed E-state index contributed by atoms with van der Waals surface area (Å²) in [5, 5.41) is 4.80. The smallest absolute Gasteiger partial charge is 0.245 e. The van der Waals surface area contributed by atoms with Crippen LogP contribution in [-0.2, 0) is 27.2 Å². The first-order valence-electron chi connectivity index (χ1n) is 14.8. The van der Waals surface area contributed by atoms with E-state index in [0.717, 1.165) is 22.3 Å². The van der Waals surface area contributed by atoms with Gasteiger partial charge in [0.15, 0.2) is 0 Å². The van der Waals surface area contributed by atoms with Gasteiger partial charge in [-0.3, -0.25) is 19.8 Å². The van der Waals surface area contributed by atoms with E-state index in [1.807, 2.05) is 77.8 Å². The number of nitrogens with one attached hydrogen (secondary N) is 2. The lowest BCUT2D eigenvalue weighted by Gasteiger charge is -2.43. The first-order chi connectivity index (χ1) is 21.0. The zero-order valence-electron chi connectivity index (χ0n) is 25.3. The van der Waals surface area contributed by atoms with Gasteiger partial charge >= 0.3 is 0 Å². The molecule has 8 nitrogen and oxygen atoms in total. The van der Waals surface area contributed by atoms with Crippen LogP contribution >= 0.6 is 45.2 Å². The maximum absolute atomic E-state index is 14.3. The summed E-state index contributed by atoms with van der Waals surface area (Å²) in [5.41, 5.74) is 11.4. The Morgan fingerprint density at radius 2 is 1.50 bits per heavy atom. The predicted molar refractivity (Wildman–Crippen MR) is 192 cm³/mol. The van der Waals surface area contributed by atoms with Crippen molar-refractivity contribution in [2.75, 3.05) is 22.2 Å². The fourth-order valence-corrected chi connectivity index (χ4v) is 7.28. The predicted octanol–water partition coefficient (Wildman–Crippen LogP) is 5.09. The van der Waals surface area contributed by atoms with Crippen molar-refractivity contribution in [2.45, 2.75) is 51.1 Å². The summed E-state index contributed by atoms with van der Waals surface area (Å²) in [4.78, 5) is 43.1. The molecule has 1 unspecified atom stereocenters. The number of amides is 3. The number of likely N-dealkylation sites (tertiary alicyclic amines) is 1. The number of hydrogen-bond donors (Lipinski definition) is 3. The molecule has 4 rings (SSSR count). The van der Waals surface area contributed by atoms with Crippen molar-refractivity contribution in [3.63, 3.8) is 0 Å². The number of nitrogens with two attached hydrogens (primary N) is 1. The SMILES string of the molecule is CC(C)(N)C(=O)N[C@H](Cc1ccc(-c2ccccc2)cc1)C(=O)N1CCCC(Cc2ccccc2)(C(=O)NN(CI)CI)C1. The Hall–Kier alpha value is -2.55. The standard InChI is InChI=1S/C34H41I2N5O3/c1-33(2,37)31(43)38-29(20-25-14-16-28(17-15-25)27-12-7-4-8-13-27)30(42)40-19-9-18-34(22-40,21-26-10-5-3-6-11-26)32(44)39-41(23-35)24-36/h3-8,10-17,29H,9,18-24,37H2,1-2H3,(H,38,43)(H,39,44)/t29-,34?/m1/s1. The highest BCUT2D eigenvalue weighted by Crippen LogP contribution is 2.35. The lowest BCUT2D eigenvalue weighted by molar-refractivity contribution is -0.146. The van der Waals surface area contributed by atoms with Crippen LogP contribution in [0.1, 0.15) is 37.8 Å². The summed E-state index contributed by atoms with van der Waals surface area (Å²) in [6, 6.07) is 27.3. The van der Waals surface area contributed by atoms with E-state index in [2.05, 4.69) is 68.1 Å². The lowest BCUT2D eigenvalue weighted by atomic mass is 9.74. The molecule has 44 heavy (non-hydrogen) atoms. The average molecular weight is 822 g/mol. The highest BCUT2D eigenvalue weighted by molar-refractivity contribution is 14.1.